The van der Waals surface area contributed by atoms with Crippen molar-refractivity contribution < 1.29 is 4.79 Å². The summed E-state index contributed by atoms with van der Waals surface area (Å²) in [5, 5.41) is 3.86. The third kappa shape index (κ3) is 2.52. The van der Waals surface area contributed by atoms with Crippen LogP contribution >= 0.6 is 0 Å². The highest BCUT2D eigenvalue weighted by molar-refractivity contribution is 6.17. The van der Waals surface area contributed by atoms with Gasteiger partial charge in [0.05, 0.1) is 11.6 Å². The molecule has 0 bridgehead atoms. The van der Waals surface area contributed by atoms with Gasteiger partial charge in [0.15, 0.2) is 5.78 Å². The number of hydrogen-bond donors (Lipinski definition) is 1. The van der Waals surface area contributed by atoms with Crippen LogP contribution in [-0.2, 0) is 11.8 Å². The summed E-state index contributed by atoms with van der Waals surface area (Å²) >= 11 is 0. The van der Waals surface area contributed by atoms with Crippen molar-refractivity contribution in [2.24, 2.45) is 18.0 Å². The van der Waals surface area contributed by atoms with Gasteiger partial charge in [0.25, 0.3) is 0 Å². The molecule has 1 N–H and O–H groups in total. The molecule has 5 nitrogen and oxygen atoms in total. The summed E-state index contributed by atoms with van der Waals surface area (Å²) in [6, 6.07) is 10.8. The second kappa shape index (κ2) is 6.27. The largest absolute Gasteiger partial charge is 0.337 e. The summed E-state index contributed by atoms with van der Waals surface area (Å²) in [7, 11) is 2.03. The molecule has 4 atom stereocenters. The van der Waals surface area contributed by atoms with Crippen LogP contribution < -0.4 is 5.32 Å². The first kappa shape index (κ1) is 16.6. The molecule has 3 heterocycles. The zero-order valence-electron chi connectivity index (χ0n) is 15.7. The number of benzene rings is 1. The molecule has 2 aliphatic heterocycles. The minimum absolute atomic E-state index is 0.00653. The maximum absolute atomic E-state index is 12.7. The van der Waals surface area contributed by atoms with Crippen molar-refractivity contribution in [2.75, 3.05) is 6.54 Å². The number of imidazole rings is 1. The maximum atomic E-state index is 12.7. The Bertz CT molecular complexity index is 956. The van der Waals surface area contributed by atoms with Gasteiger partial charge in [-0.1, -0.05) is 37.3 Å². The van der Waals surface area contributed by atoms with Gasteiger partial charge < -0.3 is 9.88 Å². The third-order valence-electron chi connectivity index (χ3n) is 6.29. The highest BCUT2D eigenvalue weighted by Crippen LogP contribution is 2.45. The van der Waals surface area contributed by atoms with Gasteiger partial charge >= 0.3 is 0 Å². The zero-order valence-corrected chi connectivity index (χ0v) is 15.7. The van der Waals surface area contributed by atoms with Gasteiger partial charge in [0.2, 0.25) is 0 Å². The molecule has 1 fully saturated rings. The van der Waals surface area contributed by atoms with E-state index < -0.39 is 0 Å². The maximum Gasteiger partial charge on any atom is 0.180 e. The van der Waals surface area contributed by atoms with Gasteiger partial charge in [0, 0.05) is 37.1 Å². The first-order chi connectivity index (χ1) is 13.1. The quantitative estimate of drug-likeness (QED) is 0.896. The van der Waals surface area contributed by atoms with E-state index in [9.17, 15) is 4.79 Å². The van der Waals surface area contributed by atoms with Crippen LogP contribution in [0.1, 0.15) is 43.1 Å². The van der Waals surface area contributed by atoms with Gasteiger partial charge in [-0.05, 0) is 29.9 Å². The summed E-state index contributed by atoms with van der Waals surface area (Å²) in [4.78, 5) is 22.2. The molecule has 5 heteroatoms. The fraction of sp³-hybridized carbons (Fsp3) is 0.409. The highest BCUT2D eigenvalue weighted by Gasteiger charge is 2.47. The van der Waals surface area contributed by atoms with Crippen LogP contribution in [0, 0.1) is 5.92 Å². The van der Waals surface area contributed by atoms with Crippen molar-refractivity contribution in [2.45, 2.75) is 37.8 Å². The molecule has 5 rings (SSSR count). The molecule has 3 aliphatic rings. The predicted octanol–water partition coefficient (Wildman–Crippen LogP) is 2.97. The van der Waals surface area contributed by atoms with E-state index in [1.807, 2.05) is 25.5 Å². The smallest absolute Gasteiger partial charge is 0.180 e. The molecule has 27 heavy (non-hydrogen) atoms. The number of Topliss-reactive ketones (excluding diaryl/α,β-unsaturated/α-hetero) is 1. The fourth-order valence-electron chi connectivity index (χ4n) is 5.03. The number of hydrogen-bond acceptors (Lipinski definition) is 4. The molecule has 1 aromatic carbocycles. The molecule has 4 unspecified atom stereocenters. The average Bonchev–Trinajstić information content (AvgIpc) is 3.11. The minimum Gasteiger partial charge on any atom is -0.337 e. The van der Waals surface area contributed by atoms with Crippen molar-refractivity contribution in [1.82, 2.24) is 14.9 Å². The van der Waals surface area contributed by atoms with Gasteiger partial charge in [-0.15, -0.1) is 0 Å². The van der Waals surface area contributed by atoms with Crippen LogP contribution in [0.25, 0.3) is 0 Å². The fourth-order valence-corrected chi connectivity index (χ4v) is 5.03. The summed E-state index contributed by atoms with van der Waals surface area (Å²) in [6.07, 6.45) is 5.92. The lowest BCUT2D eigenvalue weighted by Gasteiger charge is -2.45. The number of nitrogens with zero attached hydrogens (tertiary/aromatic N) is 3. The van der Waals surface area contributed by atoms with E-state index in [1.54, 1.807) is 0 Å². The Balaban J connectivity index is 1.71. The average molecular weight is 360 g/mol. The number of ketones is 1. The number of dihydropyridines is 1. The number of carbonyl (C=O) groups is 1. The first-order valence-electron chi connectivity index (χ1n) is 9.75. The number of aliphatic imine (C=N–C) groups is 1. The summed E-state index contributed by atoms with van der Waals surface area (Å²) in [6.45, 7) is 2.45. The van der Waals surface area contributed by atoms with Crippen molar-refractivity contribution in [3.8, 4) is 0 Å². The molecular formula is C22H24N4O. The highest BCUT2D eigenvalue weighted by atomic mass is 16.1. The van der Waals surface area contributed by atoms with Gasteiger partial charge in [-0.2, -0.15) is 0 Å². The van der Waals surface area contributed by atoms with E-state index in [4.69, 9.17) is 4.99 Å². The number of piperidine rings is 1. The Kier molecular flexibility index (Phi) is 3.86. The van der Waals surface area contributed by atoms with Crippen molar-refractivity contribution in [3.63, 3.8) is 0 Å². The second-order valence-electron chi connectivity index (χ2n) is 7.91. The van der Waals surface area contributed by atoms with Gasteiger partial charge in [0.1, 0.15) is 12.4 Å². The lowest BCUT2D eigenvalue weighted by molar-refractivity contribution is -0.115. The Hall–Kier alpha value is -2.53. The zero-order chi connectivity index (χ0) is 18.5. The van der Waals surface area contributed by atoms with Crippen LogP contribution in [0.3, 0.4) is 0 Å². The lowest BCUT2D eigenvalue weighted by Crippen LogP contribution is -2.52. The summed E-state index contributed by atoms with van der Waals surface area (Å²) in [5.74, 6) is 1.51. The van der Waals surface area contributed by atoms with Crippen LogP contribution in [0.15, 0.2) is 58.9 Å². The molecule has 138 valence electrons. The van der Waals surface area contributed by atoms with E-state index in [-0.39, 0.29) is 30.3 Å². The number of carbonyl (C=O) groups excluding carboxylic acids is 1. The van der Waals surface area contributed by atoms with E-state index in [1.165, 1.54) is 5.56 Å². The van der Waals surface area contributed by atoms with Crippen LogP contribution in [0.4, 0.5) is 0 Å². The number of rotatable bonds is 2. The van der Waals surface area contributed by atoms with Crippen molar-refractivity contribution >= 4 is 11.5 Å². The Morgan fingerprint density at radius 3 is 2.70 bits per heavy atom. The molecule has 2 aromatic rings. The molecule has 0 saturated carbocycles. The second-order valence-corrected chi connectivity index (χ2v) is 7.91. The molecule has 1 aliphatic carbocycles. The predicted molar refractivity (Wildman–Crippen MR) is 105 cm³/mol. The topological polar surface area (TPSA) is 59.3 Å². The molecule has 0 radical (unpaired) electrons. The van der Waals surface area contributed by atoms with E-state index in [0.717, 1.165) is 35.5 Å². The third-order valence-corrected chi connectivity index (χ3v) is 6.29. The Labute approximate surface area is 159 Å². The van der Waals surface area contributed by atoms with Crippen molar-refractivity contribution in [1.29, 1.82) is 0 Å². The first-order valence-corrected chi connectivity index (χ1v) is 9.75. The SMILES string of the molecule is CC1CCC2NC(c3ccccc3)C(c3nccn3C)C3=NCC(=O)C1=C32. The number of aryl methyl sites for hydroxylation is 1. The lowest BCUT2D eigenvalue weighted by atomic mass is 9.68. The molecule has 0 amide bonds. The van der Waals surface area contributed by atoms with Crippen molar-refractivity contribution in [3.05, 3.63) is 65.3 Å². The Morgan fingerprint density at radius 1 is 1.15 bits per heavy atom. The monoisotopic (exact) mass is 360 g/mol. The summed E-state index contributed by atoms with van der Waals surface area (Å²) in [5.41, 5.74) is 4.48. The van der Waals surface area contributed by atoms with E-state index in [0.29, 0.717) is 5.92 Å². The van der Waals surface area contributed by atoms with E-state index >= 15 is 0 Å². The van der Waals surface area contributed by atoms with Gasteiger partial charge in [-0.25, -0.2) is 4.98 Å². The molecule has 1 aromatic heterocycles. The molecule has 0 spiro atoms. The number of aromatic nitrogens is 2. The van der Waals surface area contributed by atoms with E-state index in [2.05, 4.69) is 46.1 Å². The number of nitrogens with one attached hydrogen (secondary N) is 1. The standard InChI is InChI=1S/C22H24N4O/c1-13-8-9-15-18-17(13)16(27)12-24-21(18)19(22-23-10-11-26(22)2)20(25-15)14-6-4-3-5-7-14/h3-7,10-11,13,15,19-20,25H,8-9,12H2,1-2H3. The van der Waals surface area contributed by atoms with Crippen LogP contribution in [-0.4, -0.2) is 33.6 Å². The van der Waals surface area contributed by atoms with Crippen LogP contribution in [0.5, 0.6) is 0 Å². The minimum atomic E-state index is 0.00653. The van der Waals surface area contributed by atoms with Crippen LogP contribution in [0.2, 0.25) is 0 Å². The normalized spacial score (nSPS) is 30.1. The molecule has 1 saturated heterocycles. The summed E-state index contributed by atoms with van der Waals surface area (Å²) < 4.78 is 2.08. The van der Waals surface area contributed by atoms with Gasteiger partial charge in [-0.3, -0.25) is 9.79 Å². The molecular weight excluding hydrogens is 336 g/mol. The Morgan fingerprint density at radius 2 is 1.96 bits per heavy atom.